The molecule has 0 aliphatic carbocycles. The molecule has 2 nitrogen and oxygen atoms in total. The molecule has 4 heteroatoms. The van der Waals surface area contributed by atoms with E-state index in [4.69, 9.17) is 0 Å². The molecule has 0 saturated heterocycles. The zero-order chi connectivity index (χ0) is 12.4. The molecule has 0 atom stereocenters. The van der Waals surface area contributed by atoms with Crippen molar-refractivity contribution in [2.75, 3.05) is 0 Å². The highest BCUT2D eigenvalue weighted by Gasteiger charge is 2.05. The van der Waals surface area contributed by atoms with Crippen LogP contribution < -0.4 is 0 Å². The summed E-state index contributed by atoms with van der Waals surface area (Å²) >= 11 is 3.48. The van der Waals surface area contributed by atoms with Crippen molar-refractivity contribution < 1.29 is 0 Å². The maximum atomic E-state index is 4.38. The Morgan fingerprint density at radius 3 is 3.06 bits per heavy atom. The first kappa shape index (κ1) is 11.7. The lowest BCUT2D eigenvalue weighted by atomic mass is 10.2. The van der Waals surface area contributed by atoms with Gasteiger partial charge in [-0.1, -0.05) is 29.8 Å². The van der Waals surface area contributed by atoms with E-state index >= 15 is 0 Å². The molecule has 0 radical (unpaired) electrons. The molecular formula is C14H12N2S2. The van der Waals surface area contributed by atoms with E-state index in [0.717, 1.165) is 16.3 Å². The molecule has 0 aliphatic rings. The van der Waals surface area contributed by atoms with Gasteiger partial charge >= 0.3 is 0 Å². The Labute approximate surface area is 114 Å². The van der Waals surface area contributed by atoms with E-state index in [1.54, 1.807) is 29.4 Å². The van der Waals surface area contributed by atoms with E-state index in [2.05, 4.69) is 46.5 Å². The van der Waals surface area contributed by atoms with E-state index in [9.17, 15) is 0 Å². The maximum Gasteiger partial charge on any atom is 0.118 e. The van der Waals surface area contributed by atoms with Crippen LogP contribution in [-0.2, 0) is 5.75 Å². The van der Waals surface area contributed by atoms with Crippen LogP contribution in [0.5, 0.6) is 0 Å². The van der Waals surface area contributed by atoms with Crippen molar-refractivity contribution in [2.45, 2.75) is 17.7 Å². The van der Waals surface area contributed by atoms with Crippen molar-refractivity contribution in [3.8, 4) is 0 Å². The number of rotatable bonds is 3. The number of benzene rings is 1. The molecule has 0 spiro atoms. The Balaban J connectivity index is 1.83. The highest BCUT2D eigenvalue weighted by atomic mass is 32.2. The summed E-state index contributed by atoms with van der Waals surface area (Å²) in [5.74, 6) is 0.950. The third kappa shape index (κ3) is 2.40. The van der Waals surface area contributed by atoms with Gasteiger partial charge in [0.05, 0.1) is 10.2 Å². The lowest BCUT2D eigenvalue weighted by Crippen LogP contribution is -1.85. The van der Waals surface area contributed by atoms with Crippen LogP contribution in [0.4, 0.5) is 0 Å². The SMILES string of the molecule is Cc1cccc(CSc2ncnc3ccsc23)c1. The number of nitrogens with zero attached hydrogens (tertiary/aromatic N) is 2. The Bertz CT molecular complexity index is 676. The molecular weight excluding hydrogens is 260 g/mol. The summed E-state index contributed by atoms with van der Waals surface area (Å²) in [4.78, 5) is 8.64. The summed E-state index contributed by atoms with van der Waals surface area (Å²) < 4.78 is 1.19. The van der Waals surface area contributed by atoms with Gasteiger partial charge in [-0.3, -0.25) is 0 Å². The zero-order valence-electron chi connectivity index (χ0n) is 9.96. The van der Waals surface area contributed by atoms with E-state index in [1.807, 2.05) is 6.07 Å². The minimum Gasteiger partial charge on any atom is -0.235 e. The van der Waals surface area contributed by atoms with Crippen molar-refractivity contribution in [1.82, 2.24) is 9.97 Å². The van der Waals surface area contributed by atoms with Gasteiger partial charge in [0, 0.05) is 5.75 Å². The van der Waals surface area contributed by atoms with E-state index in [0.29, 0.717) is 0 Å². The summed E-state index contributed by atoms with van der Waals surface area (Å²) in [6.45, 7) is 2.12. The molecule has 2 heterocycles. The van der Waals surface area contributed by atoms with E-state index in [1.165, 1.54) is 15.8 Å². The number of aromatic nitrogens is 2. The molecule has 0 amide bonds. The van der Waals surface area contributed by atoms with Crippen LogP contribution in [0.1, 0.15) is 11.1 Å². The fourth-order valence-electron chi connectivity index (χ4n) is 1.82. The van der Waals surface area contributed by atoms with Gasteiger partial charge < -0.3 is 0 Å². The quantitative estimate of drug-likeness (QED) is 0.525. The van der Waals surface area contributed by atoms with Gasteiger partial charge in [0.1, 0.15) is 11.4 Å². The molecule has 0 N–H and O–H groups in total. The summed E-state index contributed by atoms with van der Waals surface area (Å²) in [5.41, 5.74) is 3.68. The van der Waals surface area contributed by atoms with Gasteiger partial charge in [-0.2, -0.15) is 0 Å². The Hall–Kier alpha value is -1.39. The number of fused-ring (bicyclic) bond motifs is 1. The van der Waals surface area contributed by atoms with Crippen LogP contribution in [0, 0.1) is 6.92 Å². The molecule has 3 aromatic rings. The second kappa shape index (κ2) is 5.08. The van der Waals surface area contributed by atoms with Crippen molar-refractivity contribution in [1.29, 1.82) is 0 Å². The van der Waals surface area contributed by atoms with Crippen LogP contribution in [0.15, 0.2) is 47.1 Å². The van der Waals surface area contributed by atoms with Gasteiger partial charge in [-0.05, 0) is 23.9 Å². The van der Waals surface area contributed by atoms with Gasteiger partial charge in [0.25, 0.3) is 0 Å². The fourth-order valence-corrected chi connectivity index (χ4v) is 3.71. The number of hydrogen-bond donors (Lipinski definition) is 0. The molecule has 90 valence electrons. The standard InChI is InChI=1S/C14H12N2S2/c1-10-3-2-4-11(7-10)8-18-14-13-12(5-6-17-13)15-9-16-14/h2-7,9H,8H2,1H3. The molecule has 0 fully saturated rings. The predicted octanol–water partition coefficient (Wildman–Crippen LogP) is 4.29. The van der Waals surface area contributed by atoms with Gasteiger partial charge in [0.2, 0.25) is 0 Å². The average molecular weight is 272 g/mol. The molecule has 0 aliphatic heterocycles. The number of thioether (sulfide) groups is 1. The largest absolute Gasteiger partial charge is 0.235 e. The molecule has 0 unspecified atom stereocenters. The van der Waals surface area contributed by atoms with Crippen molar-refractivity contribution in [3.05, 3.63) is 53.2 Å². The fraction of sp³-hybridized carbons (Fsp3) is 0.143. The first-order chi connectivity index (χ1) is 8.83. The highest BCUT2D eigenvalue weighted by molar-refractivity contribution is 7.98. The van der Waals surface area contributed by atoms with Crippen LogP contribution in [0.25, 0.3) is 10.2 Å². The second-order valence-electron chi connectivity index (χ2n) is 4.09. The topological polar surface area (TPSA) is 25.8 Å². The molecule has 3 rings (SSSR count). The lowest BCUT2D eigenvalue weighted by Gasteiger charge is -2.03. The third-order valence-electron chi connectivity index (χ3n) is 2.67. The summed E-state index contributed by atoms with van der Waals surface area (Å²) in [7, 11) is 0. The number of thiophene rings is 1. The van der Waals surface area contributed by atoms with Crippen LogP contribution in [-0.4, -0.2) is 9.97 Å². The van der Waals surface area contributed by atoms with Crippen LogP contribution in [0.2, 0.25) is 0 Å². The predicted molar refractivity (Wildman–Crippen MR) is 78.2 cm³/mol. The molecule has 18 heavy (non-hydrogen) atoms. The van der Waals surface area contributed by atoms with Gasteiger partial charge in [0.15, 0.2) is 0 Å². The lowest BCUT2D eigenvalue weighted by molar-refractivity contribution is 1.11. The molecule has 0 saturated carbocycles. The van der Waals surface area contributed by atoms with E-state index in [-0.39, 0.29) is 0 Å². The highest BCUT2D eigenvalue weighted by Crippen LogP contribution is 2.30. The number of aryl methyl sites for hydroxylation is 1. The van der Waals surface area contributed by atoms with Crippen molar-refractivity contribution >= 4 is 33.3 Å². The van der Waals surface area contributed by atoms with Crippen LogP contribution >= 0.6 is 23.1 Å². The first-order valence-corrected chi connectivity index (χ1v) is 7.56. The van der Waals surface area contributed by atoms with Crippen molar-refractivity contribution in [2.24, 2.45) is 0 Å². The zero-order valence-corrected chi connectivity index (χ0v) is 11.6. The Kier molecular flexibility index (Phi) is 3.30. The van der Waals surface area contributed by atoms with Crippen molar-refractivity contribution in [3.63, 3.8) is 0 Å². The van der Waals surface area contributed by atoms with Gasteiger partial charge in [-0.15, -0.1) is 23.1 Å². The van der Waals surface area contributed by atoms with Crippen LogP contribution in [0.3, 0.4) is 0 Å². The summed E-state index contributed by atoms with van der Waals surface area (Å²) in [6, 6.07) is 10.6. The third-order valence-corrected chi connectivity index (χ3v) is 4.77. The molecule has 0 bridgehead atoms. The molecule has 2 aromatic heterocycles. The smallest absolute Gasteiger partial charge is 0.118 e. The van der Waals surface area contributed by atoms with E-state index < -0.39 is 0 Å². The second-order valence-corrected chi connectivity index (χ2v) is 5.97. The van der Waals surface area contributed by atoms with Gasteiger partial charge in [-0.25, -0.2) is 9.97 Å². The first-order valence-electron chi connectivity index (χ1n) is 5.69. The monoisotopic (exact) mass is 272 g/mol. The Morgan fingerprint density at radius 2 is 2.17 bits per heavy atom. The Morgan fingerprint density at radius 1 is 1.22 bits per heavy atom. The molecule has 1 aromatic carbocycles. The minimum absolute atomic E-state index is 0.950. The number of hydrogen-bond acceptors (Lipinski definition) is 4. The normalized spacial score (nSPS) is 10.9. The maximum absolute atomic E-state index is 4.38. The minimum atomic E-state index is 0.950. The summed E-state index contributed by atoms with van der Waals surface area (Å²) in [6.07, 6.45) is 1.65. The summed E-state index contributed by atoms with van der Waals surface area (Å²) in [5, 5.41) is 3.15. The average Bonchev–Trinajstić information content (AvgIpc) is 2.85.